The highest BCUT2D eigenvalue weighted by Crippen LogP contribution is 2.40. The van der Waals surface area contributed by atoms with Crippen LogP contribution in [0.25, 0.3) is 94.0 Å². The molecule has 4 heteroatoms. The summed E-state index contributed by atoms with van der Waals surface area (Å²) in [6.45, 7) is 0. The van der Waals surface area contributed by atoms with Gasteiger partial charge >= 0.3 is 0 Å². The Morgan fingerprint density at radius 1 is 0.388 bits per heavy atom. The van der Waals surface area contributed by atoms with Crippen molar-refractivity contribution in [1.29, 1.82) is 0 Å². The van der Waals surface area contributed by atoms with Crippen LogP contribution in [-0.4, -0.2) is 19.5 Å². The normalized spacial score (nSPS) is 11.7. The molecule has 0 saturated carbocycles. The molecular weight excluding hydrogens is 597 g/mol. The Kier molecular flexibility index (Phi) is 6.15. The minimum absolute atomic E-state index is 0.616. The maximum absolute atomic E-state index is 5.43. The summed E-state index contributed by atoms with van der Waals surface area (Å²) >= 11 is 0. The van der Waals surface area contributed by atoms with E-state index in [1.807, 2.05) is 18.2 Å². The first-order chi connectivity index (χ1) is 24.3. The summed E-state index contributed by atoms with van der Waals surface area (Å²) < 4.78 is 2.23. The van der Waals surface area contributed by atoms with Gasteiger partial charge in [-0.3, -0.25) is 4.57 Å². The molecule has 4 nitrogen and oxygen atoms in total. The maximum atomic E-state index is 5.43. The molecule has 3 heterocycles. The molecule has 0 amide bonds. The zero-order valence-corrected chi connectivity index (χ0v) is 26.5. The van der Waals surface area contributed by atoms with Crippen LogP contribution in [0.5, 0.6) is 0 Å². The van der Waals surface area contributed by atoms with Crippen molar-refractivity contribution in [3.8, 4) is 39.6 Å². The summed E-state index contributed by atoms with van der Waals surface area (Å²) in [6, 6.07) is 59.6. The van der Waals surface area contributed by atoms with Gasteiger partial charge in [-0.2, -0.15) is 0 Å². The number of fused-ring (bicyclic) bond motifs is 7. The molecule has 0 aliphatic heterocycles. The molecule has 0 saturated heterocycles. The Morgan fingerprint density at radius 3 is 1.84 bits per heavy atom. The molecule has 10 aromatic rings. The van der Waals surface area contributed by atoms with E-state index in [4.69, 9.17) is 15.0 Å². The van der Waals surface area contributed by atoms with Gasteiger partial charge < -0.3 is 0 Å². The molecule has 10 rings (SSSR count). The van der Waals surface area contributed by atoms with E-state index in [-0.39, 0.29) is 0 Å². The first kappa shape index (κ1) is 27.5. The van der Waals surface area contributed by atoms with Crippen LogP contribution < -0.4 is 0 Å². The van der Waals surface area contributed by atoms with Crippen molar-refractivity contribution in [2.45, 2.75) is 0 Å². The predicted molar refractivity (Wildman–Crippen MR) is 203 cm³/mol. The van der Waals surface area contributed by atoms with Gasteiger partial charge in [0.2, 0.25) is 5.95 Å². The molecule has 0 atom stereocenters. The fourth-order valence-electron chi connectivity index (χ4n) is 7.33. The van der Waals surface area contributed by atoms with E-state index in [0.717, 1.165) is 60.9 Å². The van der Waals surface area contributed by atoms with Crippen molar-refractivity contribution in [3.63, 3.8) is 0 Å². The fourth-order valence-corrected chi connectivity index (χ4v) is 7.33. The maximum Gasteiger partial charge on any atom is 0.235 e. The number of benzene rings is 7. The van der Waals surface area contributed by atoms with E-state index in [1.165, 1.54) is 27.1 Å². The standard InChI is InChI=1S/C45H28N4/c1-3-13-29(14-4-1)32-23-25-36-42(27-32)49(41-26-24-31-17-7-8-18-33(31)43(36)41)45-47-39-22-12-10-20-35(39)44(48-45)40-28-37(30-15-5-2-6-16-30)34-19-9-11-21-38(34)46-40/h1-28H. The Balaban J connectivity index is 1.30. The Hall–Kier alpha value is -6.65. The second-order valence-corrected chi connectivity index (χ2v) is 12.4. The second kappa shape index (κ2) is 11.0. The summed E-state index contributed by atoms with van der Waals surface area (Å²) in [6.07, 6.45) is 0. The van der Waals surface area contributed by atoms with E-state index >= 15 is 0 Å². The molecule has 0 fully saturated rings. The number of hydrogen-bond donors (Lipinski definition) is 0. The lowest BCUT2D eigenvalue weighted by molar-refractivity contribution is 1.01. The zero-order chi connectivity index (χ0) is 32.3. The number of nitrogens with zero attached hydrogens (tertiary/aromatic N) is 4. The van der Waals surface area contributed by atoms with E-state index < -0.39 is 0 Å². The largest absolute Gasteiger partial charge is 0.278 e. The third-order valence-electron chi connectivity index (χ3n) is 9.60. The van der Waals surface area contributed by atoms with Crippen molar-refractivity contribution in [3.05, 3.63) is 170 Å². The van der Waals surface area contributed by atoms with E-state index in [9.17, 15) is 0 Å². The van der Waals surface area contributed by atoms with Gasteiger partial charge in [-0.05, 0) is 63.4 Å². The number of pyridine rings is 1. The molecule has 7 aromatic carbocycles. The van der Waals surface area contributed by atoms with Gasteiger partial charge in [0, 0.05) is 21.5 Å². The average molecular weight is 625 g/mol. The summed E-state index contributed by atoms with van der Waals surface area (Å²) in [5.74, 6) is 0.616. The molecule has 3 aromatic heterocycles. The van der Waals surface area contributed by atoms with Crippen LogP contribution >= 0.6 is 0 Å². The van der Waals surface area contributed by atoms with Crippen LogP contribution in [-0.2, 0) is 0 Å². The quantitative estimate of drug-likeness (QED) is 0.196. The second-order valence-electron chi connectivity index (χ2n) is 12.4. The minimum Gasteiger partial charge on any atom is -0.278 e. The molecule has 49 heavy (non-hydrogen) atoms. The smallest absolute Gasteiger partial charge is 0.235 e. The topological polar surface area (TPSA) is 43.6 Å². The van der Waals surface area contributed by atoms with Crippen LogP contribution in [0.15, 0.2) is 170 Å². The van der Waals surface area contributed by atoms with Gasteiger partial charge in [0.25, 0.3) is 0 Å². The van der Waals surface area contributed by atoms with Crippen molar-refractivity contribution in [2.24, 2.45) is 0 Å². The van der Waals surface area contributed by atoms with Crippen molar-refractivity contribution < 1.29 is 0 Å². The third kappa shape index (κ3) is 4.42. The molecule has 0 unspecified atom stereocenters. The molecular formula is C45H28N4. The molecule has 0 N–H and O–H groups in total. The highest BCUT2D eigenvalue weighted by molar-refractivity contribution is 6.21. The van der Waals surface area contributed by atoms with Crippen molar-refractivity contribution >= 4 is 54.4 Å². The van der Waals surface area contributed by atoms with Crippen LogP contribution in [0.4, 0.5) is 0 Å². The van der Waals surface area contributed by atoms with Gasteiger partial charge in [-0.1, -0.05) is 140 Å². The van der Waals surface area contributed by atoms with E-state index in [0.29, 0.717) is 5.95 Å². The number of para-hydroxylation sites is 2. The van der Waals surface area contributed by atoms with Crippen LogP contribution in [0.1, 0.15) is 0 Å². The number of aromatic nitrogens is 4. The Labute approximate surface area is 282 Å². The minimum atomic E-state index is 0.616. The van der Waals surface area contributed by atoms with E-state index in [1.54, 1.807) is 0 Å². The number of hydrogen-bond acceptors (Lipinski definition) is 3. The first-order valence-corrected chi connectivity index (χ1v) is 16.5. The van der Waals surface area contributed by atoms with Crippen LogP contribution in [0, 0.1) is 0 Å². The molecule has 0 aliphatic carbocycles. The molecule has 0 radical (unpaired) electrons. The highest BCUT2D eigenvalue weighted by Gasteiger charge is 2.20. The summed E-state index contributed by atoms with van der Waals surface area (Å²) in [5.41, 5.74) is 10.1. The molecule has 228 valence electrons. The predicted octanol–water partition coefficient (Wildman–Crippen LogP) is 11.4. The van der Waals surface area contributed by atoms with Gasteiger partial charge in [0.15, 0.2) is 0 Å². The summed E-state index contributed by atoms with van der Waals surface area (Å²) in [7, 11) is 0. The lowest BCUT2D eigenvalue weighted by Crippen LogP contribution is -2.04. The van der Waals surface area contributed by atoms with Crippen LogP contribution in [0.2, 0.25) is 0 Å². The lowest BCUT2D eigenvalue weighted by Gasteiger charge is -2.14. The summed E-state index contributed by atoms with van der Waals surface area (Å²) in [4.78, 5) is 15.9. The van der Waals surface area contributed by atoms with Gasteiger partial charge in [-0.25, -0.2) is 15.0 Å². The summed E-state index contributed by atoms with van der Waals surface area (Å²) in [5, 5.41) is 6.85. The SMILES string of the molecule is c1ccc(-c2ccc3c4c5ccccc5ccc4n(-c4nc(-c5cc(-c6ccccc6)c6ccccc6n5)c5ccccc5n4)c3c2)cc1. The third-order valence-corrected chi connectivity index (χ3v) is 9.60. The van der Waals surface area contributed by atoms with Gasteiger partial charge in [-0.15, -0.1) is 0 Å². The fraction of sp³-hybridized carbons (Fsp3) is 0. The first-order valence-electron chi connectivity index (χ1n) is 16.5. The molecule has 0 spiro atoms. The van der Waals surface area contributed by atoms with E-state index in [2.05, 4.69) is 156 Å². The average Bonchev–Trinajstić information content (AvgIpc) is 3.52. The number of rotatable bonds is 4. The van der Waals surface area contributed by atoms with Crippen molar-refractivity contribution in [2.75, 3.05) is 0 Å². The zero-order valence-electron chi connectivity index (χ0n) is 26.5. The highest BCUT2D eigenvalue weighted by atomic mass is 15.2. The molecule has 0 aliphatic rings. The Morgan fingerprint density at radius 2 is 1.04 bits per heavy atom. The van der Waals surface area contributed by atoms with Gasteiger partial charge in [0.05, 0.1) is 27.8 Å². The monoisotopic (exact) mass is 624 g/mol. The van der Waals surface area contributed by atoms with Gasteiger partial charge in [0.1, 0.15) is 5.69 Å². The van der Waals surface area contributed by atoms with Crippen molar-refractivity contribution in [1.82, 2.24) is 19.5 Å². The molecule has 0 bridgehead atoms. The van der Waals surface area contributed by atoms with Crippen LogP contribution in [0.3, 0.4) is 0 Å². The lowest BCUT2D eigenvalue weighted by atomic mass is 9.99. The Bertz CT molecular complexity index is 2870.